The van der Waals surface area contributed by atoms with E-state index < -0.39 is 11.7 Å². The largest absolute Gasteiger partial charge is 0.399 e. The summed E-state index contributed by atoms with van der Waals surface area (Å²) in [5.41, 5.74) is 5.71. The molecule has 3 N–H and O–H groups in total. The third-order valence-electron chi connectivity index (χ3n) is 1.70. The Bertz CT molecular complexity index is 495. The molecule has 6 nitrogen and oxygen atoms in total. The minimum atomic E-state index is -0.569. The van der Waals surface area contributed by atoms with Crippen molar-refractivity contribution >= 4 is 28.3 Å². The summed E-state index contributed by atoms with van der Waals surface area (Å²) < 4.78 is 16.4. The van der Waals surface area contributed by atoms with Crippen LogP contribution in [0.25, 0.3) is 0 Å². The van der Waals surface area contributed by atoms with E-state index in [9.17, 15) is 9.18 Å². The average molecular weight is 239 g/mol. The SMILES string of the molecule is Nc1cc(F)cc(C(=O)Nc2nnns2)c1. The number of carbonyl (C=O) groups is 1. The molecule has 2 rings (SSSR count). The first-order valence-corrected chi connectivity index (χ1v) is 4.95. The predicted molar refractivity (Wildman–Crippen MR) is 56.5 cm³/mol. The van der Waals surface area contributed by atoms with Crippen LogP contribution in [-0.4, -0.2) is 20.7 Å². The molecule has 8 heteroatoms. The van der Waals surface area contributed by atoms with Crippen molar-refractivity contribution < 1.29 is 9.18 Å². The normalized spacial score (nSPS) is 10.1. The summed E-state index contributed by atoms with van der Waals surface area (Å²) in [7, 11) is 0. The number of amides is 1. The van der Waals surface area contributed by atoms with Crippen molar-refractivity contribution in [3.05, 3.63) is 29.6 Å². The second-order valence-corrected chi connectivity index (χ2v) is 3.63. The van der Waals surface area contributed by atoms with Gasteiger partial charge >= 0.3 is 0 Å². The van der Waals surface area contributed by atoms with Gasteiger partial charge in [-0.05, 0) is 23.4 Å². The summed E-state index contributed by atoms with van der Waals surface area (Å²) >= 11 is 0.925. The van der Waals surface area contributed by atoms with Gasteiger partial charge in [0.1, 0.15) is 5.82 Å². The molecule has 16 heavy (non-hydrogen) atoms. The third kappa shape index (κ3) is 2.28. The van der Waals surface area contributed by atoms with Gasteiger partial charge < -0.3 is 5.73 Å². The van der Waals surface area contributed by atoms with Gasteiger partial charge in [0, 0.05) is 22.8 Å². The molecule has 2 aromatic rings. The molecule has 0 saturated carbocycles. The number of carbonyl (C=O) groups excluding carboxylic acids is 1. The summed E-state index contributed by atoms with van der Waals surface area (Å²) in [4.78, 5) is 11.6. The van der Waals surface area contributed by atoms with E-state index in [-0.39, 0.29) is 16.4 Å². The summed E-state index contributed by atoms with van der Waals surface area (Å²) in [6.45, 7) is 0. The van der Waals surface area contributed by atoms with Crippen LogP contribution in [0.4, 0.5) is 15.2 Å². The Morgan fingerprint density at radius 1 is 1.44 bits per heavy atom. The van der Waals surface area contributed by atoms with Crippen LogP contribution in [0.3, 0.4) is 0 Å². The number of nitrogens with zero attached hydrogens (tertiary/aromatic N) is 3. The number of benzene rings is 1. The number of nitrogens with two attached hydrogens (primary N) is 1. The molecular weight excluding hydrogens is 233 g/mol. The Labute approximate surface area is 93.4 Å². The van der Waals surface area contributed by atoms with Crippen LogP contribution >= 0.6 is 11.5 Å². The number of nitrogens with one attached hydrogen (secondary N) is 1. The highest BCUT2D eigenvalue weighted by atomic mass is 32.1. The van der Waals surface area contributed by atoms with Gasteiger partial charge in [0.15, 0.2) is 0 Å². The number of hydrogen-bond acceptors (Lipinski definition) is 6. The fraction of sp³-hybridized carbons (Fsp3) is 0. The lowest BCUT2D eigenvalue weighted by atomic mass is 10.2. The van der Waals surface area contributed by atoms with Crippen molar-refractivity contribution in [3.63, 3.8) is 0 Å². The molecule has 0 atom stereocenters. The van der Waals surface area contributed by atoms with Crippen LogP contribution in [-0.2, 0) is 0 Å². The lowest BCUT2D eigenvalue weighted by Gasteiger charge is -2.02. The van der Waals surface area contributed by atoms with E-state index in [1.807, 2.05) is 0 Å². The predicted octanol–water partition coefficient (Wildman–Crippen LogP) is 0.907. The Hall–Kier alpha value is -2.09. The van der Waals surface area contributed by atoms with E-state index in [4.69, 9.17) is 5.73 Å². The quantitative estimate of drug-likeness (QED) is 0.759. The Morgan fingerprint density at radius 2 is 2.25 bits per heavy atom. The van der Waals surface area contributed by atoms with Crippen LogP contribution in [0.2, 0.25) is 0 Å². The lowest BCUT2D eigenvalue weighted by molar-refractivity contribution is 0.102. The number of nitrogen functional groups attached to an aromatic ring is 1. The standard InChI is InChI=1S/C8H6FN5OS/c9-5-1-4(2-6(10)3-5)7(15)11-8-12-13-14-16-8/h1-3H,10H2,(H,11,12,14,15). The van der Waals surface area contributed by atoms with Gasteiger partial charge in [-0.1, -0.05) is 9.59 Å². The van der Waals surface area contributed by atoms with E-state index in [0.29, 0.717) is 0 Å². The van der Waals surface area contributed by atoms with Gasteiger partial charge in [-0.2, -0.15) is 0 Å². The minimum Gasteiger partial charge on any atom is -0.399 e. The molecular formula is C8H6FN5OS. The van der Waals surface area contributed by atoms with Crippen molar-refractivity contribution in [1.82, 2.24) is 14.8 Å². The molecule has 1 aromatic heterocycles. The van der Waals surface area contributed by atoms with Crippen molar-refractivity contribution in [2.24, 2.45) is 0 Å². The van der Waals surface area contributed by atoms with Crippen LogP contribution in [0, 0.1) is 5.82 Å². The van der Waals surface area contributed by atoms with E-state index >= 15 is 0 Å². The smallest absolute Gasteiger partial charge is 0.257 e. The van der Waals surface area contributed by atoms with Crippen LogP contribution in [0.15, 0.2) is 18.2 Å². The number of anilines is 2. The first-order chi connectivity index (χ1) is 7.65. The molecule has 0 aliphatic carbocycles. The van der Waals surface area contributed by atoms with Gasteiger partial charge in [0.25, 0.3) is 5.91 Å². The molecule has 1 heterocycles. The van der Waals surface area contributed by atoms with Crippen molar-refractivity contribution in [3.8, 4) is 0 Å². The molecule has 0 radical (unpaired) electrons. The maximum absolute atomic E-state index is 13.0. The number of aromatic nitrogens is 3. The Morgan fingerprint density at radius 3 is 2.88 bits per heavy atom. The van der Waals surface area contributed by atoms with Gasteiger partial charge in [-0.3, -0.25) is 10.1 Å². The first-order valence-electron chi connectivity index (χ1n) is 4.17. The average Bonchev–Trinajstić information content (AvgIpc) is 2.68. The summed E-state index contributed by atoms with van der Waals surface area (Å²) in [5, 5.41) is 9.49. The zero-order chi connectivity index (χ0) is 11.5. The second kappa shape index (κ2) is 4.19. The summed E-state index contributed by atoms with van der Waals surface area (Å²) in [5.74, 6) is -1.08. The molecule has 0 aliphatic heterocycles. The molecule has 0 bridgehead atoms. The third-order valence-corrected chi connectivity index (χ3v) is 2.21. The summed E-state index contributed by atoms with van der Waals surface area (Å²) in [6, 6.07) is 3.58. The maximum atomic E-state index is 13.0. The minimum absolute atomic E-state index is 0.118. The zero-order valence-corrected chi connectivity index (χ0v) is 8.66. The maximum Gasteiger partial charge on any atom is 0.257 e. The van der Waals surface area contributed by atoms with Crippen molar-refractivity contribution in [2.45, 2.75) is 0 Å². The van der Waals surface area contributed by atoms with Crippen LogP contribution in [0.5, 0.6) is 0 Å². The Balaban J connectivity index is 2.21. The molecule has 0 saturated heterocycles. The second-order valence-electron chi connectivity index (χ2n) is 2.89. The van der Waals surface area contributed by atoms with Gasteiger partial charge in [-0.15, -0.1) is 0 Å². The van der Waals surface area contributed by atoms with Gasteiger partial charge in [-0.25, -0.2) is 4.39 Å². The van der Waals surface area contributed by atoms with Gasteiger partial charge in [0.2, 0.25) is 5.13 Å². The number of rotatable bonds is 2. The fourth-order valence-electron chi connectivity index (χ4n) is 1.09. The molecule has 0 aliphatic rings. The van der Waals surface area contributed by atoms with E-state index in [0.717, 1.165) is 23.7 Å². The molecule has 82 valence electrons. The number of halogens is 1. The van der Waals surface area contributed by atoms with Gasteiger partial charge in [0.05, 0.1) is 0 Å². The van der Waals surface area contributed by atoms with Crippen LogP contribution < -0.4 is 11.1 Å². The monoisotopic (exact) mass is 239 g/mol. The molecule has 0 fully saturated rings. The fourth-order valence-corrected chi connectivity index (χ4v) is 1.46. The van der Waals surface area contributed by atoms with Crippen molar-refractivity contribution in [2.75, 3.05) is 11.1 Å². The number of hydrogen-bond donors (Lipinski definition) is 2. The van der Waals surface area contributed by atoms with E-state index in [1.54, 1.807) is 0 Å². The van der Waals surface area contributed by atoms with E-state index in [2.05, 4.69) is 20.1 Å². The Kier molecular flexibility index (Phi) is 2.73. The molecule has 0 unspecified atom stereocenters. The topological polar surface area (TPSA) is 93.8 Å². The highest BCUT2D eigenvalue weighted by Crippen LogP contribution is 2.13. The van der Waals surface area contributed by atoms with Crippen LogP contribution in [0.1, 0.15) is 10.4 Å². The van der Waals surface area contributed by atoms with E-state index in [1.165, 1.54) is 6.07 Å². The molecule has 1 aromatic carbocycles. The molecule has 0 spiro atoms. The van der Waals surface area contributed by atoms with Crippen molar-refractivity contribution in [1.29, 1.82) is 0 Å². The lowest BCUT2D eigenvalue weighted by Crippen LogP contribution is -2.12. The summed E-state index contributed by atoms with van der Waals surface area (Å²) in [6.07, 6.45) is 0. The molecule has 1 amide bonds. The highest BCUT2D eigenvalue weighted by Gasteiger charge is 2.10. The first kappa shape index (κ1) is 10.4. The highest BCUT2D eigenvalue weighted by molar-refractivity contribution is 7.09. The zero-order valence-electron chi connectivity index (χ0n) is 7.85.